The number of nitrogens with zero attached hydrogens (tertiary/aromatic N) is 3. The molecule has 1 atom stereocenters. The molecule has 4 heterocycles. The smallest absolute Gasteiger partial charge is 0.294 e. The highest BCUT2D eigenvalue weighted by atomic mass is 32.1. The van der Waals surface area contributed by atoms with Crippen LogP contribution in [-0.4, -0.2) is 34.9 Å². The summed E-state index contributed by atoms with van der Waals surface area (Å²) in [5.74, 6) is -0.428. The average Bonchev–Trinajstić information content (AvgIpc) is 3.53. The average molecular weight is 478 g/mol. The van der Waals surface area contributed by atoms with E-state index in [0.717, 1.165) is 42.5 Å². The van der Waals surface area contributed by atoms with Crippen molar-refractivity contribution in [1.82, 2.24) is 4.98 Å². The first-order valence-electron chi connectivity index (χ1n) is 11.5. The number of aliphatic hydroxyl groups excluding tert-OH is 1. The topological polar surface area (TPSA) is 86.9 Å². The van der Waals surface area contributed by atoms with Gasteiger partial charge >= 0.3 is 0 Å². The molecule has 3 aromatic rings. The Morgan fingerprint density at radius 2 is 1.79 bits per heavy atom. The Morgan fingerprint density at radius 3 is 2.38 bits per heavy atom. The zero-order chi connectivity index (χ0) is 24.0. The van der Waals surface area contributed by atoms with Gasteiger partial charge in [0.2, 0.25) is 5.78 Å². The molecule has 5 rings (SSSR count). The van der Waals surface area contributed by atoms with Gasteiger partial charge in [-0.3, -0.25) is 14.5 Å². The number of hydrogen-bond acceptors (Lipinski definition) is 7. The highest BCUT2D eigenvalue weighted by Crippen LogP contribution is 2.43. The molecule has 1 saturated heterocycles. The third-order valence-electron chi connectivity index (χ3n) is 6.65. The number of aliphatic hydroxyl groups is 1. The number of carbonyl (C=O) groups excluding carboxylic acids is 2. The van der Waals surface area contributed by atoms with Crippen molar-refractivity contribution in [3.05, 3.63) is 75.3 Å². The van der Waals surface area contributed by atoms with Crippen molar-refractivity contribution in [2.45, 2.75) is 39.7 Å². The van der Waals surface area contributed by atoms with Crippen LogP contribution in [0.3, 0.4) is 0 Å². The van der Waals surface area contributed by atoms with Crippen LogP contribution in [0.1, 0.15) is 51.9 Å². The zero-order valence-electron chi connectivity index (χ0n) is 19.4. The van der Waals surface area contributed by atoms with Crippen LogP contribution in [0.25, 0.3) is 0 Å². The van der Waals surface area contributed by atoms with Crippen LogP contribution in [0.4, 0.5) is 11.4 Å². The van der Waals surface area contributed by atoms with Crippen molar-refractivity contribution < 1.29 is 19.1 Å². The van der Waals surface area contributed by atoms with Crippen molar-refractivity contribution in [3.63, 3.8) is 0 Å². The number of aryl methyl sites for hydroxylation is 2. The summed E-state index contributed by atoms with van der Waals surface area (Å²) in [7, 11) is 0. The first-order chi connectivity index (χ1) is 16.3. The number of carbonyl (C=O) groups is 2. The van der Waals surface area contributed by atoms with Gasteiger partial charge in [0.05, 0.1) is 27.4 Å². The van der Waals surface area contributed by atoms with Crippen LogP contribution in [0.2, 0.25) is 0 Å². The molecule has 0 aliphatic carbocycles. The van der Waals surface area contributed by atoms with Crippen molar-refractivity contribution in [3.8, 4) is 0 Å². The Labute approximate surface area is 202 Å². The number of thiazole rings is 1. The highest BCUT2D eigenvalue weighted by Gasteiger charge is 2.46. The van der Waals surface area contributed by atoms with Crippen molar-refractivity contribution in [1.29, 1.82) is 0 Å². The number of Topliss-reactive ketones (excluding diaryl/α,β-unsaturated/α-hetero) is 1. The predicted octanol–water partition coefficient (Wildman–Crippen LogP) is 5.37. The molecule has 0 radical (unpaired) electrons. The van der Waals surface area contributed by atoms with E-state index in [-0.39, 0.29) is 5.57 Å². The first kappa shape index (κ1) is 22.4. The molecule has 1 N–H and O–H groups in total. The molecule has 2 aliphatic heterocycles. The number of rotatable bonds is 5. The Bertz CT molecular complexity index is 1250. The molecule has 0 bridgehead atoms. The number of aromatic nitrogens is 1. The Kier molecular flexibility index (Phi) is 5.77. The maximum Gasteiger partial charge on any atom is 0.294 e. The molecule has 7 nitrogen and oxygen atoms in total. The molecule has 1 amide bonds. The Hall–Kier alpha value is -3.39. The van der Waals surface area contributed by atoms with E-state index >= 15 is 0 Å². The van der Waals surface area contributed by atoms with E-state index in [4.69, 9.17) is 4.42 Å². The quantitative estimate of drug-likeness (QED) is 0.497. The summed E-state index contributed by atoms with van der Waals surface area (Å²) in [5, 5.41) is 11.6. The molecule has 8 heteroatoms. The van der Waals surface area contributed by atoms with Crippen molar-refractivity contribution in [2.24, 2.45) is 5.92 Å². The summed E-state index contributed by atoms with van der Waals surface area (Å²) in [6.45, 7) is 7.87. The first-order valence-corrected chi connectivity index (χ1v) is 12.3. The van der Waals surface area contributed by atoms with E-state index in [1.165, 1.54) is 22.5 Å². The summed E-state index contributed by atoms with van der Waals surface area (Å²) in [6, 6.07) is 10.3. The monoisotopic (exact) mass is 477 g/mol. The van der Waals surface area contributed by atoms with Crippen LogP contribution in [-0.2, 0) is 4.79 Å². The fourth-order valence-corrected chi connectivity index (χ4v) is 5.65. The Balaban J connectivity index is 1.51. The molecule has 2 aliphatic rings. The van der Waals surface area contributed by atoms with Gasteiger partial charge in [0.15, 0.2) is 5.76 Å². The maximum absolute atomic E-state index is 13.5. The lowest BCUT2D eigenvalue weighted by molar-refractivity contribution is -0.117. The van der Waals surface area contributed by atoms with Gasteiger partial charge < -0.3 is 14.4 Å². The van der Waals surface area contributed by atoms with Gasteiger partial charge in [0, 0.05) is 24.5 Å². The second-order valence-electron chi connectivity index (χ2n) is 9.02. The molecule has 1 aromatic carbocycles. The number of furan rings is 1. The lowest BCUT2D eigenvalue weighted by atomic mass is 9.98. The third-order valence-corrected chi connectivity index (χ3v) is 7.72. The van der Waals surface area contributed by atoms with Crippen LogP contribution in [0.15, 0.2) is 58.4 Å². The van der Waals surface area contributed by atoms with Crippen LogP contribution < -0.4 is 9.80 Å². The number of hydrogen-bond donors (Lipinski definition) is 1. The van der Waals surface area contributed by atoms with Gasteiger partial charge in [-0.25, -0.2) is 4.98 Å². The van der Waals surface area contributed by atoms with Crippen LogP contribution in [0, 0.1) is 19.8 Å². The lowest BCUT2D eigenvalue weighted by Gasteiger charge is -2.32. The normalized spacial score (nSPS) is 19.4. The van der Waals surface area contributed by atoms with Gasteiger partial charge in [0.25, 0.3) is 5.91 Å². The summed E-state index contributed by atoms with van der Waals surface area (Å²) in [4.78, 5) is 35.3. The largest absolute Gasteiger partial charge is 0.503 e. The van der Waals surface area contributed by atoms with Crippen LogP contribution in [0.5, 0.6) is 0 Å². The molecule has 34 heavy (non-hydrogen) atoms. The molecule has 2 aromatic heterocycles. The van der Waals surface area contributed by atoms with Crippen molar-refractivity contribution in [2.75, 3.05) is 22.9 Å². The number of ketones is 1. The second kappa shape index (κ2) is 8.76. The van der Waals surface area contributed by atoms with Gasteiger partial charge in [-0.15, -0.1) is 11.3 Å². The van der Waals surface area contributed by atoms with E-state index < -0.39 is 23.5 Å². The minimum atomic E-state index is -0.863. The summed E-state index contributed by atoms with van der Waals surface area (Å²) >= 11 is 1.25. The van der Waals surface area contributed by atoms with Gasteiger partial charge in [-0.2, -0.15) is 0 Å². The molecular weight excluding hydrogens is 450 g/mol. The van der Waals surface area contributed by atoms with E-state index in [0.29, 0.717) is 22.0 Å². The SMILES string of the molecule is Cc1nc(C)c(C(=O)C2=C(O)C(=O)N(c3ccc(N4CCC(C)CC4)cc3)C2c2ccco2)s1. The molecule has 0 saturated carbocycles. The number of benzene rings is 1. The zero-order valence-corrected chi connectivity index (χ0v) is 20.3. The fourth-order valence-electron chi connectivity index (χ4n) is 4.77. The van der Waals surface area contributed by atoms with E-state index in [1.54, 1.807) is 19.1 Å². The lowest BCUT2D eigenvalue weighted by Crippen LogP contribution is -2.33. The van der Waals surface area contributed by atoms with Crippen LogP contribution >= 0.6 is 11.3 Å². The number of anilines is 2. The minimum absolute atomic E-state index is 0.0146. The minimum Gasteiger partial charge on any atom is -0.503 e. The van der Waals surface area contributed by atoms with Gasteiger partial charge in [0.1, 0.15) is 11.8 Å². The highest BCUT2D eigenvalue weighted by molar-refractivity contribution is 7.14. The van der Waals surface area contributed by atoms with Crippen molar-refractivity contribution >= 4 is 34.4 Å². The number of piperidine rings is 1. The van der Waals surface area contributed by atoms with Gasteiger partial charge in [-0.05, 0) is 69.0 Å². The summed E-state index contributed by atoms with van der Waals surface area (Å²) in [5.41, 5.74) is 2.28. The number of amides is 1. The maximum atomic E-state index is 13.5. The predicted molar refractivity (Wildman–Crippen MR) is 132 cm³/mol. The molecule has 176 valence electrons. The van der Waals surface area contributed by atoms with E-state index in [9.17, 15) is 14.7 Å². The molecule has 1 fully saturated rings. The summed E-state index contributed by atoms with van der Waals surface area (Å²) in [6.07, 6.45) is 3.82. The standard InChI is InChI=1S/C26H27N3O4S/c1-15-10-12-28(13-11-15)18-6-8-19(9-7-18)29-22(20-5-4-14-33-20)21(24(31)26(29)32)23(30)25-16(2)27-17(3)34-25/h4-9,14-15,22,31H,10-13H2,1-3H3. The Morgan fingerprint density at radius 1 is 1.12 bits per heavy atom. The third kappa shape index (κ3) is 3.81. The van der Waals surface area contributed by atoms with Gasteiger partial charge in [-0.1, -0.05) is 6.92 Å². The molecular formula is C26H27N3O4S. The second-order valence-corrected chi connectivity index (χ2v) is 10.2. The van der Waals surface area contributed by atoms with E-state index in [1.807, 2.05) is 31.2 Å². The van der Waals surface area contributed by atoms with E-state index in [2.05, 4.69) is 16.8 Å². The summed E-state index contributed by atoms with van der Waals surface area (Å²) < 4.78 is 5.63. The molecule has 1 unspecified atom stereocenters. The fraction of sp³-hybridized carbons (Fsp3) is 0.346. The molecule has 0 spiro atoms.